The summed E-state index contributed by atoms with van der Waals surface area (Å²) in [7, 11) is 0. The summed E-state index contributed by atoms with van der Waals surface area (Å²) in [5.41, 5.74) is 1.02. The van der Waals surface area contributed by atoms with Crippen molar-refractivity contribution in [2.75, 3.05) is 26.2 Å². The second-order valence-corrected chi connectivity index (χ2v) is 8.36. The molecule has 0 unspecified atom stereocenters. The van der Waals surface area contributed by atoms with Crippen LogP contribution in [-0.4, -0.2) is 58.2 Å². The molecule has 4 rings (SSSR count). The fraction of sp³-hybridized carbons (Fsp3) is 0.185. The van der Waals surface area contributed by atoms with E-state index in [9.17, 15) is 30.0 Å². The van der Waals surface area contributed by atoms with Crippen LogP contribution in [-0.2, 0) is 0 Å². The summed E-state index contributed by atoms with van der Waals surface area (Å²) >= 11 is 0. The molecule has 0 aliphatic carbocycles. The van der Waals surface area contributed by atoms with Crippen molar-refractivity contribution in [3.63, 3.8) is 0 Å². The van der Waals surface area contributed by atoms with Crippen LogP contribution in [0.3, 0.4) is 0 Å². The number of nitrogens with one attached hydrogen (secondary N) is 2. The van der Waals surface area contributed by atoms with E-state index in [2.05, 4.69) is 10.6 Å². The number of phenols is 4. The number of hydrogen-bond donors (Lipinski definition) is 6. The minimum absolute atomic E-state index is 0.0849. The van der Waals surface area contributed by atoms with Crippen molar-refractivity contribution < 1.29 is 30.0 Å². The molecule has 0 bridgehead atoms. The van der Waals surface area contributed by atoms with Crippen LogP contribution in [0.1, 0.15) is 27.1 Å². The van der Waals surface area contributed by atoms with Crippen LogP contribution < -0.4 is 10.6 Å². The van der Waals surface area contributed by atoms with E-state index in [4.69, 9.17) is 0 Å². The monoisotopic (exact) mass is 474 g/mol. The molecule has 0 radical (unpaired) electrons. The smallest absolute Gasteiger partial charge is 0.176 e. The molecule has 0 aliphatic heterocycles. The molecule has 0 heterocycles. The van der Waals surface area contributed by atoms with Gasteiger partial charge in [0.2, 0.25) is 0 Å². The highest BCUT2D eigenvalue weighted by molar-refractivity contribution is 6.02. The van der Waals surface area contributed by atoms with Crippen LogP contribution in [0, 0.1) is 0 Å². The lowest BCUT2D eigenvalue weighted by atomic mass is 10.0. The van der Waals surface area contributed by atoms with Gasteiger partial charge in [-0.2, -0.15) is 0 Å². The number of aromatic hydroxyl groups is 4. The van der Waals surface area contributed by atoms with Gasteiger partial charge in [-0.3, -0.25) is 9.59 Å². The fourth-order valence-corrected chi connectivity index (χ4v) is 3.84. The normalized spacial score (nSPS) is 11.2. The molecule has 6 N–H and O–H groups in total. The Hall–Kier alpha value is -4.14. The van der Waals surface area contributed by atoms with Gasteiger partial charge in [0.1, 0.15) is 0 Å². The van der Waals surface area contributed by atoms with Crippen molar-refractivity contribution in [1.82, 2.24) is 10.6 Å². The van der Waals surface area contributed by atoms with Crippen LogP contribution in [0.25, 0.3) is 21.5 Å². The van der Waals surface area contributed by atoms with Crippen molar-refractivity contribution in [2.45, 2.75) is 6.42 Å². The van der Waals surface area contributed by atoms with Crippen LogP contribution in [0.2, 0.25) is 0 Å². The Morgan fingerprint density at radius 1 is 0.543 bits per heavy atom. The molecule has 0 spiro atoms. The average Bonchev–Trinajstić information content (AvgIpc) is 2.84. The molecule has 0 saturated carbocycles. The van der Waals surface area contributed by atoms with Crippen molar-refractivity contribution in [3.05, 3.63) is 71.8 Å². The van der Waals surface area contributed by atoms with Gasteiger partial charge in [0.25, 0.3) is 0 Å². The number of fused-ring (bicyclic) bond motifs is 2. The zero-order valence-electron chi connectivity index (χ0n) is 18.9. The lowest BCUT2D eigenvalue weighted by molar-refractivity contribution is 0.0986. The molecule has 8 nitrogen and oxygen atoms in total. The van der Waals surface area contributed by atoms with Gasteiger partial charge >= 0.3 is 0 Å². The number of ketones is 2. The summed E-state index contributed by atoms with van der Waals surface area (Å²) in [5, 5.41) is 47.5. The number of carbonyl (C=O) groups excluding carboxylic acids is 2. The van der Waals surface area contributed by atoms with E-state index >= 15 is 0 Å². The molecule has 0 atom stereocenters. The molecule has 4 aromatic carbocycles. The summed E-state index contributed by atoms with van der Waals surface area (Å²) in [4.78, 5) is 24.9. The molecular formula is C27H26N2O6. The van der Waals surface area contributed by atoms with E-state index in [0.29, 0.717) is 35.0 Å². The maximum absolute atomic E-state index is 12.4. The molecule has 180 valence electrons. The second kappa shape index (κ2) is 10.4. The van der Waals surface area contributed by atoms with Crippen LogP contribution >= 0.6 is 0 Å². The number of phenolic OH excluding ortho intramolecular Hbond substituents is 4. The van der Waals surface area contributed by atoms with Gasteiger partial charge in [0.15, 0.2) is 34.6 Å². The topological polar surface area (TPSA) is 139 Å². The summed E-state index contributed by atoms with van der Waals surface area (Å²) < 4.78 is 0. The first-order valence-electron chi connectivity index (χ1n) is 11.2. The van der Waals surface area contributed by atoms with Gasteiger partial charge in [-0.05, 0) is 77.5 Å². The number of carbonyl (C=O) groups is 2. The molecule has 0 aliphatic rings. The minimum atomic E-state index is -0.230. The standard InChI is InChI=1S/C27H26N2O6/c30-22-10-16-2-4-18(8-20(16)12-24(22)32)26(34)14-28-6-1-7-29-15-27(35)19-5-3-17-11-23(31)25(33)13-21(17)9-19/h2-5,8-13,28-33H,1,6-7,14-15H2. The Kier molecular flexibility index (Phi) is 7.14. The van der Waals surface area contributed by atoms with E-state index < -0.39 is 0 Å². The first kappa shape index (κ1) is 24.0. The lowest BCUT2D eigenvalue weighted by Gasteiger charge is -2.08. The third-order valence-electron chi connectivity index (χ3n) is 5.79. The maximum Gasteiger partial charge on any atom is 0.176 e. The quantitative estimate of drug-likeness (QED) is 0.117. The van der Waals surface area contributed by atoms with Crippen molar-refractivity contribution in [2.24, 2.45) is 0 Å². The third-order valence-corrected chi connectivity index (χ3v) is 5.79. The van der Waals surface area contributed by atoms with Gasteiger partial charge < -0.3 is 31.1 Å². The van der Waals surface area contributed by atoms with E-state index in [1.807, 2.05) is 0 Å². The van der Waals surface area contributed by atoms with Crippen LogP contribution in [0.4, 0.5) is 0 Å². The van der Waals surface area contributed by atoms with Crippen molar-refractivity contribution in [3.8, 4) is 23.0 Å². The first-order chi connectivity index (χ1) is 16.8. The minimum Gasteiger partial charge on any atom is -0.504 e. The number of hydrogen-bond acceptors (Lipinski definition) is 8. The third kappa shape index (κ3) is 5.68. The van der Waals surface area contributed by atoms with Crippen LogP contribution in [0.15, 0.2) is 60.7 Å². The number of benzene rings is 4. The van der Waals surface area contributed by atoms with E-state index in [1.165, 1.54) is 24.3 Å². The highest BCUT2D eigenvalue weighted by atomic mass is 16.3. The van der Waals surface area contributed by atoms with E-state index in [1.54, 1.807) is 36.4 Å². The highest BCUT2D eigenvalue weighted by Crippen LogP contribution is 2.31. The van der Waals surface area contributed by atoms with Crippen molar-refractivity contribution in [1.29, 1.82) is 0 Å². The largest absolute Gasteiger partial charge is 0.504 e. The number of rotatable bonds is 10. The molecular weight excluding hydrogens is 448 g/mol. The van der Waals surface area contributed by atoms with Gasteiger partial charge in [0, 0.05) is 11.1 Å². The zero-order chi connectivity index (χ0) is 24.9. The fourth-order valence-electron chi connectivity index (χ4n) is 3.84. The van der Waals surface area contributed by atoms with Crippen LogP contribution in [0.5, 0.6) is 23.0 Å². The summed E-state index contributed by atoms with van der Waals surface area (Å²) in [6.07, 6.45) is 0.719. The highest BCUT2D eigenvalue weighted by Gasteiger charge is 2.10. The Labute approximate surface area is 201 Å². The average molecular weight is 475 g/mol. The Bertz CT molecular complexity index is 1310. The SMILES string of the molecule is O=C(CNCCCNCC(=O)c1ccc2cc(O)c(O)cc2c1)c1ccc2cc(O)c(O)cc2c1. The molecule has 0 fully saturated rings. The zero-order valence-corrected chi connectivity index (χ0v) is 18.9. The lowest BCUT2D eigenvalue weighted by Crippen LogP contribution is -2.29. The maximum atomic E-state index is 12.4. The molecule has 8 heteroatoms. The van der Waals surface area contributed by atoms with Gasteiger partial charge in [-0.1, -0.05) is 24.3 Å². The predicted molar refractivity (Wildman–Crippen MR) is 134 cm³/mol. The molecule has 0 aromatic heterocycles. The summed E-state index contributed by atoms with van der Waals surface area (Å²) in [6, 6.07) is 15.9. The summed E-state index contributed by atoms with van der Waals surface area (Å²) in [5.74, 6) is -1.03. The summed E-state index contributed by atoms with van der Waals surface area (Å²) in [6.45, 7) is 1.50. The molecule has 35 heavy (non-hydrogen) atoms. The van der Waals surface area contributed by atoms with Gasteiger partial charge in [-0.25, -0.2) is 0 Å². The van der Waals surface area contributed by atoms with Gasteiger partial charge in [-0.15, -0.1) is 0 Å². The molecule has 0 amide bonds. The first-order valence-corrected chi connectivity index (χ1v) is 11.2. The predicted octanol–water partition coefficient (Wildman–Crippen LogP) is 3.45. The Morgan fingerprint density at radius 2 is 0.914 bits per heavy atom. The Morgan fingerprint density at radius 3 is 1.31 bits per heavy atom. The van der Waals surface area contributed by atoms with E-state index in [0.717, 1.165) is 17.2 Å². The number of Topliss-reactive ketones (excluding diaryl/α,β-unsaturated/α-hetero) is 2. The van der Waals surface area contributed by atoms with E-state index in [-0.39, 0.29) is 47.7 Å². The second-order valence-electron chi connectivity index (χ2n) is 8.36. The molecule has 0 saturated heterocycles. The van der Waals surface area contributed by atoms with Gasteiger partial charge in [0.05, 0.1) is 13.1 Å². The Balaban J connectivity index is 1.19. The van der Waals surface area contributed by atoms with Crippen molar-refractivity contribution >= 4 is 33.1 Å². The molecule has 4 aromatic rings.